The summed E-state index contributed by atoms with van der Waals surface area (Å²) in [5, 5.41) is 0. The fraction of sp³-hybridized carbons (Fsp3) is 0.696. The van der Waals surface area contributed by atoms with E-state index in [2.05, 4.69) is 28.9 Å². The molecule has 1 spiro atoms. The number of nitrogens with zero attached hydrogens (tertiary/aromatic N) is 2. The lowest BCUT2D eigenvalue weighted by molar-refractivity contribution is -0.145. The van der Waals surface area contributed by atoms with Crippen molar-refractivity contribution < 1.29 is 14.3 Å². The predicted octanol–water partition coefficient (Wildman–Crippen LogP) is 3.35. The van der Waals surface area contributed by atoms with Crippen molar-refractivity contribution in [2.24, 2.45) is 0 Å². The quantitative estimate of drug-likeness (QED) is 0.799. The highest BCUT2D eigenvalue weighted by molar-refractivity contribution is 5.81. The largest absolute Gasteiger partial charge is 0.497 e. The van der Waals surface area contributed by atoms with Crippen molar-refractivity contribution in [3.63, 3.8) is 0 Å². The van der Waals surface area contributed by atoms with Gasteiger partial charge in [0, 0.05) is 13.1 Å². The van der Waals surface area contributed by atoms with Crippen molar-refractivity contribution >= 4 is 5.91 Å². The molecule has 1 unspecified atom stereocenters. The van der Waals surface area contributed by atoms with Crippen LogP contribution in [0.4, 0.5) is 0 Å². The second-order valence-electron chi connectivity index (χ2n) is 8.57. The molecule has 5 heteroatoms. The highest BCUT2D eigenvalue weighted by atomic mass is 16.5. The molecule has 1 atom stereocenters. The van der Waals surface area contributed by atoms with Gasteiger partial charge in [-0.3, -0.25) is 9.69 Å². The zero-order valence-corrected chi connectivity index (χ0v) is 17.4. The normalized spacial score (nSPS) is 23.7. The lowest BCUT2D eigenvalue weighted by atomic mass is 9.79. The van der Waals surface area contributed by atoms with Crippen molar-refractivity contribution in [3.05, 3.63) is 29.3 Å². The average Bonchev–Trinajstić information content (AvgIpc) is 3.03. The summed E-state index contributed by atoms with van der Waals surface area (Å²) in [6.07, 6.45) is 7.72. The van der Waals surface area contributed by atoms with E-state index in [1.807, 2.05) is 6.07 Å². The summed E-state index contributed by atoms with van der Waals surface area (Å²) in [6, 6.07) is 6.35. The molecule has 1 aromatic rings. The van der Waals surface area contributed by atoms with Crippen LogP contribution in [0.2, 0.25) is 0 Å². The second kappa shape index (κ2) is 8.42. The van der Waals surface area contributed by atoms with Crippen molar-refractivity contribution in [1.82, 2.24) is 9.80 Å². The number of piperidine rings is 1. The van der Waals surface area contributed by atoms with Crippen LogP contribution < -0.4 is 4.74 Å². The Balaban J connectivity index is 1.43. The molecule has 2 saturated heterocycles. The molecule has 2 fully saturated rings. The molecule has 5 nitrogen and oxygen atoms in total. The first-order chi connectivity index (χ1) is 13.6. The fourth-order valence-corrected chi connectivity index (χ4v) is 5.19. The third kappa shape index (κ3) is 3.79. The standard InChI is InChI=1S/C23H34N2O3/c1-18(24-12-5-3-4-6-13-24)22(26)25-14-10-23(11-15-25)21-8-7-20(27-2)17-19(21)9-16-28-23/h7-8,17-18H,3-6,9-16H2,1-2H3. The number of ether oxygens (including phenoxy) is 2. The van der Waals surface area contributed by atoms with E-state index in [4.69, 9.17) is 9.47 Å². The summed E-state index contributed by atoms with van der Waals surface area (Å²) in [6.45, 7) is 6.52. The van der Waals surface area contributed by atoms with Gasteiger partial charge in [-0.2, -0.15) is 0 Å². The lowest BCUT2D eigenvalue weighted by Crippen LogP contribution is -2.53. The Kier molecular flexibility index (Phi) is 5.93. The minimum atomic E-state index is -0.234. The summed E-state index contributed by atoms with van der Waals surface area (Å²) in [4.78, 5) is 17.6. The number of hydrogen-bond donors (Lipinski definition) is 0. The molecule has 3 aliphatic rings. The Hall–Kier alpha value is -1.59. The van der Waals surface area contributed by atoms with E-state index in [9.17, 15) is 4.79 Å². The van der Waals surface area contributed by atoms with Crippen LogP contribution in [0.15, 0.2) is 18.2 Å². The molecule has 0 N–H and O–H groups in total. The molecule has 1 aromatic carbocycles. The number of hydrogen-bond acceptors (Lipinski definition) is 4. The van der Waals surface area contributed by atoms with Crippen LogP contribution in [-0.4, -0.2) is 61.6 Å². The van der Waals surface area contributed by atoms with Crippen molar-refractivity contribution in [2.45, 2.75) is 63.5 Å². The molecule has 0 aliphatic carbocycles. The van der Waals surface area contributed by atoms with E-state index in [1.54, 1.807) is 7.11 Å². The number of carbonyl (C=O) groups excluding carboxylic acids is 1. The summed E-state index contributed by atoms with van der Waals surface area (Å²) in [5.41, 5.74) is 2.40. The van der Waals surface area contributed by atoms with E-state index in [1.165, 1.54) is 36.8 Å². The summed E-state index contributed by atoms with van der Waals surface area (Å²) in [7, 11) is 1.71. The maximum Gasteiger partial charge on any atom is 0.239 e. The highest BCUT2D eigenvalue weighted by Crippen LogP contribution is 2.42. The molecule has 1 amide bonds. The van der Waals surface area contributed by atoms with Crippen LogP contribution in [0.3, 0.4) is 0 Å². The van der Waals surface area contributed by atoms with E-state index in [0.717, 1.165) is 57.8 Å². The van der Waals surface area contributed by atoms with Crippen LogP contribution >= 0.6 is 0 Å². The SMILES string of the molecule is COc1ccc2c(c1)CCOC21CCN(C(=O)C(C)N2CCCCCC2)CC1. The van der Waals surface area contributed by atoms with Gasteiger partial charge >= 0.3 is 0 Å². The molecule has 3 heterocycles. The van der Waals surface area contributed by atoms with Crippen molar-refractivity contribution in [1.29, 1.82) is 0 Å². The fourth-order valence-electron chi connectivity index (χ4n) is 5.19. The molecular formula is C23H34N2O3. The molecule has 0 saturated carbocycles. The minimum absolute atomic E-state index is 0.00373. The monoisotopic (exact) mass is 386 g/mol. The smallest absolute Gasteiger partial charge is 0.239 e. The molecule has 0 aromatic heterocycles. The molecule has 154 valence electrons. The first kappa shape index (κ1) is 19.7. The van der Waals surface area contributed by atoms with Gasteiger partial charge in [-0.05, 0) is 75.4 Å². The Morgan fingerprint density at radius 2 is 1.82 bits per heavy atom. The van der Waals surface area contributed by atoms with Gasteiger partial charge in [0.1, 0.15) is 5.75 Å². The average molecular weight is 387 g/mol. The number of likely N-dealkylation sites (tertiary alicyclic amines) is 2. The first-order valence-electron chi connectivity index (χ1n) is 11.0. The number of fused-ring (bicyclic) bond motifs is 2. The van der Waals surface area contributed by atoms with Gasteiger partial charge in [-0.25, -0.2) is 0 Å². The Bertz CT molecular complexity index is 689. The van der Waals surface area contributed by atoms with Gasteiger partial charge in [-0.1, -0.05) is 18.9 Å². The van der Waals surface area contributed by atoms with Gasteiger partial charge in [0.15, 0.2) is 0 Å². The maximum atomic E-state index is 13.1. The van der Waals surface area contributed by atoms with E-state index >= 15 is 0 Å². The second-order valence-corrected chi connectivity index (χ2v) is 8.57. The summed E-state index contributed by atoms with van der Waals surface area (Å²) >= 11 is 0. The molecule has 4 rings (SSSR count). The van der Waals surface area contributed by atoms with Crippen LogP contribution in [0.5, 0.6) is 5.75 Å². The van der Waals surface area contributed by atoms with E-state index in [-0.39, 0.29) is 11.6 Å². The zero-order valence-electron chi connectivity index (χ0n) is 17.4. The first-order valence-corrected chi connectivity index (χ1v) is 11.0. The van der Waals surface area contributed by atoms with Crippen LogP contribution in [0.25, 0.3) is 0 Å². The third-order valence-electron chi connectivity index (χ3n) is 6.98. The maximum absolute atomic E-state index is 13.1. The van der Waals surface area contributed by atoms with Crippen molar-refractivity contribution in [3.8, 4) is 5.75 Å². The zero-order chi connectivity index (χ0) is 19.6. The van der Waals surface area contributed by atoms with Gasteiger partial charge < -0.3 is 14.4 Å². The summed E-state index contributed by atoms with van der Waals surface area (Å²) in [5.74, 6) is 1.21. The number of benzene rings is 1. The van der Waals surface area contributed by atoms with E-state index in [0.29, 0.717) is 5.91 Å². The number of amides is 1. The topological polar surface area (TPSA) is 42.0 Å². The highest BCUT2D eigenvalue weighted by Gasteiger charge is 2.42. The predicted molar refractivity (Wildman–Crippen MR) is 110 cm³/mol. The van der Waals surface area contributed by atoms with Crippen molar-refractivity contribution in [2.75, 3.05) is 39.9 Å². The number of carbonyl (C=O) groups is 1. The molecule has 0 bridgehead atoms. The van der Waals surface area contributed by atoms with Gasteiger partial charge in [-0.15, -0.1) is 0 Å². The van der Waals surface area contributed by atoms with Gasteiger partial charge in [0.05, 0.1) is 25.4 Å². The third-order valence-corrected chi connectivity index (χ3v) is 6.98. The van der Waals surface area contributed by atoms with Gasteiger partial charge in [0.2, 0.25) is 5.91 Å². The Labute approximate surface area is 169 Å². The lowest BCUT2D eigenvalue weighted by Gasteiger charge is -2.46. The van der Waals surface area contributed by atoms with Gasteiger partial charge in [0.25, 0.3) is 0 Å². The minimum Gasteiger partial charge on any atom is -0.497 e. The Morgan fingerprint density at radius 1 is 1.11 bits per heavy atom. The van der Waals surface area contributed by atoms with Crippen LogP contribution in [0, 0.1) is 0 Å². The molecule has 3 aliphatic heterocycles. The number of rotatable bonds is 3. The van der Waals surface area contributed by atoms with E-state index < -0.39 is 0 Å². The summed E-state index contributed by atoms with van der Waals surface area (Å²) < 4.78 is 11.7. The van der Waals surface area contributed by atoms with Crippen LogP contribution in [-0.2, 0) is 21.6 Å². The Morgan fingerprint density at radius 3 is 2.50 bits per heavy atom. The number of methoxy groups -OCH3 is 1. The van der Waals surface area contributed by atoms with Crippen LogP contribution in [0.1, 0.15) is 56.6 Å². The molecular weight excluding hydrogens is 352 g/mol. The molecule has 0 radical (unpaired) electrons. The molecule has 28 heavy (non-hydrogen) atoms.